The van der Waals surface area contributed by atoms with E-state index in [0.717, 1.165) is 29.0 Å². The standard InChI is InChI=1S/C16H15F2N3/c1-11-3-2-6-21-14(10-20-16(11)21)9-19-8-12-7-13(17)4-5-15(12)18/h2-7,10,19H,8-9H2,1H3. The number of hydrogen-bond donors (Lipinski definition) is 1. The number of hydrogen-bond acceptors (Lipinski definition) is 2. The van der Waals surface area contributed by atoms with Gasteiger partial charge in [0.1, 0.15) is 17.3 Å². The van der Waals surface area contributed by atoms with E-state index < -0.39 is 11.6 Å². The molecule has 108 valence electrons. The van der Waals surface area contributed by atoms with Crippen molar-refractivity contribution in [3.63, 3.8) is 0 Å². The number of benzene rings is 1. The molecule has 1 aromatic carbocycles. The molecule has 0 aliphatic heterocycles. The van der Waals surface area contributed by atoms with Gasteiger partial charge in [-0.25, -0.2) is 13.8 Å². The minimum Gasteiger partial charge on any atom is -0.307 e. The van der Waals surface area contributed by atoms with Crippen LogP contribution in [0.2, 0.25) is 0 Å². The monoisotopic (exact) mass is 287 g/mol. The van der Waals surface area contributed by atoms with Crippen molar-refractivity contribution in [1.82, 2.24) is 14.7 Å². The fraction of sp³-hybridized carbons (Fsp3) is 0.188. The lowest BCUT2D eigenvalue weighted by Gasteiger charge is -2.07. The highest BCUT2D eigenvalue weighted by molar-refractivity contribution is 5.48. The number of rotatable bonds is 4. The number of fused-ring (bicyclic) bond motifs is 1. The highest BCUT2D eigenvalue weighted by Gasteiger charge is 2.06. The van der Waals surface area contributed by atoms with Crippen molar-refractivity contribution < 1.29 is 8.78 Å². The maximum absolute atomic E-state index is 13.5. The van der Waals surface area contributed by atoms with Gasteiger partial charge in [0.05, 0.1) is 11.9 Å². The van der Waals surface area contributed by atoms with E-state index in [1.54, 1.807) is 6.20 Å². The SMILES string of the molecule is Cc1cccn2c(CNCc3cc(F)ccc3F)cnc12. The smallest absolute Gasteiger partial charge is 0.139 e. The first-order chi connectivity index (χ1) is 10.1. The largest absolute Gasteiger partial charge is 0.307 e. The van der Waals surface area contributed by atoms with E-state index in [1.165, 1.54) is 6.07 Å². The molecule has 0 radical (unpaired) electrons. The number of aromatic nitrogens is 2. The van der Waals surface area contributed by atoms with Gasteiger partial charge in [-0.3, -0.25) is 0 Å². The predicted molar refractivity (Wildman–Crippen MR) is 76.8 cm³/mol. The highest BCUT2D eigenvalue weighted by atomic mass is 19.1. The number of nitrogens with one attached hydrogen (secondary N) is 1. The summed E-state index contributed by atoms with van der Waals surface area (Å²) in [7, 11) is 0. The number of pyridine rings is 1. The van der Waals surface area contributed by atoms with Gasteiger partial charge in [-0.15, -0.1) is 0 Å². The Kier molecular flexibility index (Phi) is 3.66. The average Bonchev–Trinajstić information content (AvgIpc) is 2.88. The fourth-order valence-electron chi connectivity index (χ4n) is 2.34. The zero-order chi connectivity index (χ0) is 14.8. The van der Waals surface area contributed by atoms with Crippen LogP contribution < -0.4 is 5.32 Å². The molecule has 0 amide bonds. The molecule has 0 saturated heterocycles. The van der Waals surface area contributed by atoms with Crippen LogP contribution in [-0.2, 0) is 13.1 Å². The van der Waals surface area contributed by atoms with E-state index in [9.17, 15) is 8.78 Å². The summed E-state index contributed by atoms with van der Waals surface area (Å²) in [6.07, 6.45) is 3.73. The molecular weight excluding hydrogens is 272 g/mol. The Bertz CT molecular complexity index is 780. The second kappa shape index (κ2) is 5.61. The Balaban J connectivity index is 1.72. The minimum atomic E-state index is -0.432. The van der Waals surface area contributed by atoms with Gasteiger partial charge in [-0.1, -0.05) is 6.07 Å². The molecular formula is C16H15F2N3. The zero-order valence-electron chi connectivity index (χ0n) is 11.6. The predicted octanol–water partition coefficient (Wildman–Crippen LogP) is 3.21. The molecule has 0 bridgehead atoms. The third kappa shape index (κ3) is 2.78. The second-order valence-electron chi connectivity index (χ2n) is 4.97. The lowest BCUT2D eigenvalue weighted by atomic mass is 10.2. The maximum atomic E-state index is 13.5. The van der Waals surface area contributed by atoms with Gasteiger partial charge in [-0.2, -0.15) is 0 Å². The van der Waals surface area contributed by atoms with Crippen LogP contribution in [0.1, 0.15) is 16.8 Å². The van der Waals surface area contributed by atoms with Crippen molar-refractivity contribution in [3.05, 3.63) is 71.2 Å². The van der Waals surface area contributed by atoms with Gasteiger partial charge in [-0.05, 0) is 36.8 Å². The van der Waals surface area contributed by atoms with E-state index in [1.807, 2.05) is 29.7 Å². The first-order valence-electron chi connectivity index (χ1n) is 6.71. The van der Waals surface area contributed by atoms with Crippen LogP contribution >= 0.6 is 0 Å². The summed E-state index contributed by atoms with van der Waals surface area (Å²) in [6.45, 7) is 2.80. The molecule has 2 heterocycles. The van der Waals surface area contributed by atoms with Crippen molar-refractivity contribution in [2.45, 2.75) is 20.0 Å². The van der Waals surface area contributed by atoms with Gasteiger partial charge in [0.25, 0.3) is 0 Å². The Morgan fingerprint density at radius 1 is 1.19 bits per heavy atom. The van der Waals surface area contributed by atoms with Crippen molar-refractivity contribution in [3.8, 4) is 0 Å². The van der Waals surface area contributed by atoms with E-state index in [0.29, 0.717) is 12.1 Å². The molecule has 3 rings (SSSR count). The van der Waals surface area contributed by atoms with Crippen molar-refractivity contribution in [2.75, 3.05) is 0 Å². The minimum absolute atomic E-state index is 0.267. The Morgan fingerprint density at radius 3 is 2.90 bits per heavy atom. The maximum Gasteiger partial charge on any atom is 0.139 e. The molecule has 1 N–H and O–H groups in total. The Hall–Kier alpha value is -2.27. The fourth-order valence-corrected chi connectivity index (χ4v) is 2.34. The molecule has 5 heteroatoms. The summed E-state index contributed by atoms with van der Waals surface area (Å²) < 4.78 is 28.6. The van der Waals surface area contributed by atoms with E-state index in [-0.39, 0.29) is 6.54 Å². The molecule has 0 aliphatic rings. The summed E-state index contributed by atoms with van der Waals surface area (Å²) in [5, 5.41) is 3.12. The average molecular weight is 287 g/mol. The van der Waals surface area contributed by atoms with Crippen LogP contribution in [0, 0.1) is 18.6 Å². The number of aryl methyl sites for hydroxylation is 1. The molecule has 3 nitrogen and oxygen atoms in total. The Labute approximate surface area is 121 Å². The molecule has 0 atom stereocenters. The number of halogens is 2. The molecule has 0 unspecified atom stereocenters. The van der Waals surface area contributed by atoms with Gasteiger partial charge in [0.2, 0.25) is 0 Å². The van der Waals surface area contributed by atoms with Crippen LogP contribution in [0.25, 0.3) is 5.65 Å². The summed E-state index contributed by atoms with van der Waals surface area (Å²) in [4.78, 5) is 4.36. The zero-order valence-corrected chi connectivity index (χ0v) is 11.6. The topological polar surface area (TPSA) is 29.3 Å². The molecule has 2 aromatic heterocycles. The second-order valence-corrected chi connectivity index (χ2v) is 4.97. The van der Waals surface area contributed by atoms with E-state index in [2.05, 4.69) is 10.3 Å². The summed E-state index contributed by atoms with van der Waals surface area (Å²) in [5.41, 5.74) is 3.30. The van der Waals surface area contributed by atoms with Gasteiger partial charge < -0.3 is 9.72 Å². The van der Waals surface area contributed by atoms with Crippen molar-refractivity contribution in [1.29, 1.82) is 0 Å². The van der Waals surface area contributed by atoms with Crippen molar-refractivity contribution >= 4 is 5.65 Å². The lowest BCUT2D eigenvalue weighted by molar-refractivity contribution is 0.567. The van der Waals surface area contributed by atoms with Gasteiger partial charge in [0, 0.05) is 24.8 Å². The first-order valence-corrected chi connectivity index (χ1v) is 6.71. The molecule has 3 aromatic rings. The lowest BCUT2D eigenvalue weighted by Crippen LogP contribution is -2.15. The summed E-state index contributed by atoms with van der Waals surface area (Å²) >= 11 is 0. The Morgan fingerprint density at radius 2 is 2.05 bits per heavy atom. The summed E-state index contributed by atoms with van der Waals surface area (Å²) in [6, 6.07) is 7.43. The molecule has 0 spiro atoms. The third-order valence-corrected chi connectivity index (χ3v) is 3.44. The quantitative estimate of drug-likeness (QED) is 0.798. The van der Waals surface area contributed by atoms with Crippen LogP contribution in [0.5, 0.6) is 0 Å². The third-order valence-electron chi connectivity index (χ3n) is 3.44. The van der Waals surface area contributed by atoms with E-state index in [4.69, 9.17) is 0 Å². The van der Waals surface area contributed by atoms with Crippen LogP contribution in [0.3, 0.4) is 0 Å². The highest BCUT2D eigenvalue weighted by Crippen LogP contribution is 2.12. The van der Waals surface area contributed by atoms with Crippen molar-refractivity contribution in [2.24, 2.45) is 0 Å². The van der Waals surface area contributed by atoms with E-state index >= 15 is 0 Å². The summed E-state index contributed by atoms with van der Waals surface area (Å²) in [5.74, 6) is -0.837. The van der Waals surface area contributed by atoms with Crippen LogP contribution in [-0.4, -0.2) is 9.38 Å². The number of imidazole rings is 1. The van der Waals surface area contributed by atoms with Crippen LogP contribution in [0.15, 0.2) is 42.7 Å². The molecule has 21 heavy (non-hydrogen) atoms. The molecule has 0 saturated carbocycles. The normalized spacial score (nSPS) is 11.2. The van der Waals surface area contributed by atoms with Gasteiger partial charge >= 0.3 is 0 Å². The van der Waals surface area contributed by atoms with Gasteiger partial charge in [0.15, 0.2) is 0 Å². The number of nitrogens with zero attached hydrogens (tertiary/aromatic N) is 2. The molecule has 0 aliphatic carbocycles. The van der Waals surface area contributed by atoms with Crippen LogP contribution in [0.4, 0.5) is 8.78 Å². The first kappa shape index (κ1) is 13.7. The molecule has 0 fully saturated rings.